The lowest BCUT2D eigenvalue weighted by Crippen LogP contribution is -2.38. The zero-order chi connectivity index (χ0) is 15.2. The van der Waals surface area contributed by atoms with Crippen LogP contribution in [0.15, 0.2) is 24.3 Å². The second kappa shape index (κ2) is 7.90. The summed E-state index contributed by atoms with van der Waals surface area (Å²) in [6.07, 6.45) is 0.799. The number of likely N-dealkylation sites (tertiary alicyclic amines) is 1. The van der Waals surface area contributed by atoms with E-state index in [-0.39, 0.29) is 0 Å². The fourth-order valence-corrected chi connectivity index (χ4v) is 3.24. The number of benzene rings is 1. The van der Waals surface area contributed by atoms with Crippen molar-refractivity contribution >= 4 is 0 Å². The summed E-state index contributed by atoms with van der Waals surface area (Å²) in [5, 5.41) is 10.4. The van der Waals surface area contributed by atoms with Gasteiger partial charge in [-0.1, -0.05) is 38.1 Å². The Hall–Kier alpha value is -0.940. The van der Waals surface area contributed by atoms with Gasteiger partial charge in [-0.15, -0.1) is 0 Å². The molecule has 0 radical (unpaired) electrons. The second-order valence-electron chi connectivity index (χ2n) is 5.88. The smallest absolute Gasteiger partial charge is 0.0916 e. The number of nitrogens with two attached hydrogens (primary N) is 1. The van der Waals surface area contributed by atoms with Crippen LogP contribution >= 0.6 is 0 Å². The number of aliphatic hydroxyl groups excluding tert-OH is 1. The Balaban J connectivity index is 1.87. The van der Waals surface area contributed by atoms with Crippen molar-refractivity contribution in [3.05, 3.63) is 35.4 Å². The molecule has 1 heterocycles. The van der Waals surface area contributed by atoms with E-state index in [0.717, 1.165) is 43.9 Å². The molecule has 2 unspecified atom stereocenters. The molecule has 4 heteroatoms. The fourth-order valence-electron chi connectivity index (χ4n) is 3.24. The molecule has 4 nitrogen and oxygen atoms in total. The molecule has 118 valence electrons. The maximum Gasteiger partial charge on any atom is 0.0916 e. The lowest BCUT2D eigenvalue weighted by Gasteiger charge is -2.26. The van der Waals surface area contributed by atoms with Crippen molar-refractivity contribution in [3.8, 4) is 0 Å². The maximum atomic E-state index is 10.4. The molecule has 0 aromatic heterocycles. The molecule has 1 saturated heterocycles. The molecular formula is C17H29N3O. The highest BCUT2D eigenvalue weighted by Gasteiger charge is 2.27. The molecule has 0 bridgehead atoms. The van der Waals surface area contributed by atoms with Crippen molar-refractivity contribution in [1.29, 1.82) is 0 Å². The molecule has 21 heavy (non-hydrogen) atoms. The first-order valence-electron chi connectivity index (χ1n) is 8.11. The van der Waals surface area contributed by atoms with Gasteiger partial charge in [-0.3, -0.25) is 9.80 Å². The molecule has 0 spiro atoms. The van der Waals surface area contributed by atoms with Gasteiger partial charge < -0.3 is 10.8 Å². The van der Waals surface area contributed by atoms with E-state index in [1.807, 2.05) is 24.3 Å². The van der Waals surface area contributed by atoms with Gasteiger partial charge in [0.05, 0.1) is 6.10 Å². The first-order chi connectivity index (χ1) is 10.2. The van der Waals surface area contributed by atoms with Crippen LogP contribution in [-0.4, -0.2) is 53.7 Å². The van der Waals surface area contributed by atoms with E-state index in [1.165, 1.54) is 6.42 Å². The monoisotopic (exact) mass is 291 g/mol. The number of hydrogen-bond donors (Lipinski definition) is 2. The molecule has 3 N–H and O–H groups in total. The summed E-state index contributed by atoms with van der Waals surface area (Å²) in [5.74, 6) is 0. The topological polar surface area (TPSA) is 52.7 Å². The number of β-amino-alcohol motifs (C(OH)–C–C–N with tert-alkyl or cyclic N) is 1. The third-order valence-corrected chi connectivity index (χ3v) is 4.61. The summed E-state index contributed by atoms with van der Waals surface area (Å²) in [6.45, 7) is 10.1. The molecule has 0 saturated carbocycles. The lowest BCUT2D eigenvalue weighted by atomic mass is 10.1. The van der Waals surface area contributed by atoms with Gasteiger partial charge in [0, 0.05) is 25.7 Å². The van der Waals surface area contributed by atoms with Crippen molar-refractivity contribution in [2.45, 2.75) is 39.0 Å². The largest absolute Gasteiger partial charge is 0.387 e. The Kier molecular flexibility index (Phi) is 6.18. The highest BCUT2D eigenvalue weighted by Crippen LogP contribution is 2.20. The summed E-state index contributed by atoms with van der Waals surface area (Å²) < 4.78 is 0. The lowest BCUT2D eigenvalue weighted by molar-refractivity contribution is 0.119. The van der Waals surface area contributed by atoms with E-state index < -0.39 is 6.10 Å². The summed E-state index contributed by atoms with van der Waals surface area (Å²) >= 11 is 0. The van der Waals surface area contributed by atoms with Crippen LogP contribution in [0.4, 0.5) is 0 Å². The van der Waals surface area contributed by atoms with Crippen molar-refractivity contribution in [2.24, 2.45) is 5.73 Å². The van der Waals surface area contributed by atoms with Crippen molar-refractivity contribution in [1.82, 2.24) is 9.80 Å². The normalized spacial score (nSPS) is 21.1. The predicted molar refractivity (Wildman–Crippen MR) is 87.1 cm³/mol. The van der Waals surface area contributed by atoms with E-state index in [9.17, 15) is 5.11 Å². The van der Waals surface area contributed by atoms with Gasteiger partial charge in [0.1, 0.15) is 0 Å². The first-order valence-corrected chi connectivity index (χ1v) is 8.11. The Morgan fingerprint density at radius 1 is 1.29 bits per heavy atom. The molecule has 1 fully saturated rings. The summed E-state index contributed by atoms with van der Waals surface area (Å²) in [6, 6.07) is 8.63. The van der Waals surface area contributed by atoms with Gasteiger partial charge in [-0.25, -0.2) is 0 Å². The fraction of sp³-hybridized carbons (Fsp3) is 0.647. The van der Waals surface area contributed by atoms with Crippen LogP contribution in [0, 0.1) is 0 Å². The molecule has 0 amide bonds. The van der Waals surface area contributed by atoms with Gasteiger partial charge in [0.25, 0.3) is 0 Å². The maximum absolute atomic E-state index is 10.4. The van der Waals surface area contributed by atoms with E-state index >= 15 is 0 Å². The zero-order valence-corrected chi connectivity index (χ0v) is 13.3. The van der Waals surface area contributed by atoms with Gasteiger partial charge in [0.15, 0.2) is 0 Å². The minimum Gasteiger partial charge on any atom is -0.387 e. The molecule has 1 aromatic carbocycles. The summed E-state index contributed by atoms with van der Waals surface area (Å²) in [7, 11) is 0. The van der Waals surface area contributed by atoms with Crippen LogP contribution < -0.4 is 5.73 Å². The minimum absolute atomic E-state index is 0.410. The Bertz CT molecular complexity index is 417. The number of nitrogens with zero attached hydrogens (tertiary/aromatic N) is 2. The molecule has 0 aliphatic carbocycles. The highest BCUT2D eigenvalue weighted by atomic mass is 16.3. The van der Waals surface area contributed by atoms with Gasteiger partial charge in [0.2, 0.25) is 0 Å². The third-order valence-electron chi connectivity index (χ3n) is 4.61. The predicted octanol–water partition coefficient (Wildman–Crippen LogP) is 1.59. The number of likely N-dealkylation sites (N-methyl/N-ethyl adjacent to an activating group) is 1. The van der Waals surface area contributed by atoms with Crippen LogP contribution in [0.2, 0.25) is 0 Å². The van der Waals surface area contributed by atoms with Gasteiger partial charge in [-0.2, -0.15) is 0 Å². The average Bonchev–Trinajstić information content (AvgIpc) is 2.97. The molecule has 2 atom stereocenters. The van der Waals surface area contributed by atoms with Crippen LogP contribution in [0.5, 0.6) is 0 Å². The molecular weight excluding hydrogens is 262 g/mol. The van der Waals surface area contributed by atoms with E-state index in [0.29, 0.717) is 12.6 Å². The SMILES string of the molecule is CCN(CC)C1CCN(CC(O)c2ccc(CN)cc2)C1. The number of rotatable bonds is 7. The molecule has 1 aromatic rings. The van der Waals surface area contributed by atoms with Gasteiger partial charge in [-0.05, 0) is 37.2 Å². The highest BCUT2D eigenvalue weighted by molar-refractivity contribution is 5.24. The Morgan fingerprint density at radius 3 is 2.52 bits per heavy atom. The van der Waals surface area contributed by atoms with Crippen LogP contribution in [-0.2, 0) is 6.54 Å². The number of aliphatic hydroxyl groups is 1. The Labute approximate surface area is 128 Å². The molecule has 1 aliphatic heterocycles. The van der Waals surface area contributed by atoms with Crippen LogP contribution in [0.3, 0.4) is 0 Å². The Morgan fingerprint density at radius 2 is 1.95 bits per heavy atom. The van der Waals surface area contributed by atoms with Gasteiger partial charge >= 0.3 is 0 Å². The first kappa shape index (κ1) is 16.4. The molecule has 2 rings (SSSR count). The quantitative estimate of drug-likeness (QED) is 0.801. The van der Waals surface area contributed by atoms with Crippen LogP contribution in [0.25, 0.3) is 0 Å². The van der Waals surface area contributed by atoms with E-state index in [4.69, 9.17) is 5.73 Å². The standard InChI is InChI=1S/C17H29N3O/c1-3-20(4-2)16-9-10-19(12-16)13-17(21)15-7-5-14(11-18)6-8-15/h5-8,16-17,21H,3-4,9-13,18H2,1-2H3. The van der Waals surface area contributed by atoms with Crippen molar-refractivity contribution < 1.29 is 5.11 Å². The summed E-state index contributed by atoms with van der Waals surface area (Å²) in [4.78, 5) is 4.90. The van der Waals surface area contributed by atoms with E-state index in [2.05, 4.69) is 23.6 Å². The minimum atomic E-state index is -0.410. The third kappa shape index (κ3) is 4.27. The van der Waals surface area contributed by atoms with Crippen molar-refractivity contribution in [3.63, 3.8) is 0 Å². The van der Waals surface area contributed by atoms with Crippen LogP contribution in [0.1, 0.15) is 37.5 Å². The average molecular weight is 291 g/mol. The van der Waals surface area contributed by atoms with Crippen molar-refractivity contribution in [2.75, 3.05) is 32.7 Å². The zero-order valence-electron chi connectivity index (χ0n) is 13.3. The summed E-state index contributed by atoms with van der Waals surface area (Å²) in [5.41, 5.74) is 7.69. The van der Waals surface area contributed by atoms with E-state index in [1.54, 1.807) is 0 Å². The number of hydrogen-bond acceptors (Lipinski definition) is 4. The second-order valence-corrected chi connectivity index (χ2v) is 5.88. The molecule has 1 aliphatic rings.